The lowest BCUT2D eigenvalue weighted by molar-refractivity contribution is -0.139. The molecule has 0 aliphatic carbocycles. The van der Waals surface area contributed by atoms with E-state index in [1.165, 1.54) is 0 Å². The van der Waals surface area contributed by atoms with Crippen LogP contribution in [0.2, 0.25) is 0 Å². The second-order valence-electron chi connectivity index (χ2n) is 5.33. The molecular formula is C16H19N3O3. The predicted octanol–water partition coefficient (Wildman–Crippen LogP) is 1.89. The van der Waals surface area contributed by atoms with Crippen molar-refractivity contribution in [1.29, 1.82) is 0 Å². The Morgan fingerprint density at radius 3 is 2.45 bits per heavy atom. The lowest BCUT2D eigenvalue weighted by Crippen LogP contribution is -2.42. The number of amides is 1. The van der Waals surface area contributed by atoms with Crippen LogP contribution >= 0.6 is 0 Å². The van der Waals surface area contributed by atoms with E-state index in [1.54, 1.807) is 16.9 Å². The van der Waals surface area contributed by atoms with Gasteiger partial charge in [-0.15, -0.1) is 0 Å². The summed E-state index contributed by atoms with van der Waals surface area (Å²) in [6.45, 7) is 3.90. The topological polar surface area (TPSA) is 84.2 Å². The van der Waals surface area contributed by atoms with E-state index in [-0.39, 0.29) is 18.2 Å². The van der Waals surface area contributed by atoms with Crippen molar-refractivity contribution >= 4 is 11.9 Å². The minimum Gasteiger partial charge on any atom is -0.480 e. The predicted molar refractivity (Wildman–Crippen MR) is 81.6 cm³/mol. The van der Waals surface area contributed by atoms with Crippen molar-refractivity contribution < 1.29 is 14.7 Å². The van der Waals surface area contributed by atoms with Crippen LogP contribution in [0.4, 0.5) is 0 Å². The molecule has 2 aromatic rings. The minimum atomic E-state index is -1.07. The fraction of sp³-hybridized carbons (Fsp3) is 0.312. The van der Waals surface area contributed by atoms with Crippen molar-refractivity contribution in [2.45, 2.75) is 32.4 Å². The summed E-state index contributed by atoms with van der Waals surface area (Å²) < 4.78 is 1.65. The molecule has 6 heteroatoms. The molecule has 1 amide bonds. The molecule has 1 aromatic carbocycles. The Morgan fingerprint density at radius 1 is 1.23 bits per heavy atom. The number of benzene rings is 1. The van der Waals surface area contributed by atoms with Crippen LogP contribution in [0.5, 0.6) is 0 Å². The zero-order chi connectivity index (χ0) is 16.1. The fourth-order valence-electron chi connectivity index (χ4n) is 2.03. The first-order valence-electron chi connectivity index (χ1n) is 7.10. The molecule has 6 nitrogen and oxygen atoms in total. The van der Waals surface area contributed by atoms with Gasteiger partial charge in [0.15, 0.2) is 0 Å². The number of aromatic nitrogens is 2. The third-order valence-electron chi connectivity index (χ3n) is 3.26. The summed E-state index contributed by atoms with van der Waals surface area (Å²) in [5.41, 5.74) is 1.07. The first-order valence-corrected chi connectivity index (χ1v) is 7.10. The van der Waals surface area contributed by atoms with Gasteiger partial charge in [0.25, 0.3) is 5.91 Å². The Balaban J connectivity index is 2.07. The van der Waals surface area contributed by atoms with E-state index in [0.29, 0.717) is 0 Å². The summed E-state index contributed by atoms with van der Waals surface area (Å²) in [7, 11) is 0. The number of carbonyl (C=O) groups excluding carboxylic acids is 1. The van der Waals surface area contributed by atoms with Crippen LogP contribution in [0, 0.1) is 0 Å². The zero-order valence-electron chi connectivity index (χ0n) is 12.6. The molecule has 1 unspecified atom stereocenters. The Kier molecular flexibility index (Phi) is 4.93. The second-order valence-corrected chi connectivity index (χ2v) is 5.33. The lowest BCUT2D eigenvalue weighted by atomic mass is 10.1. The molecule has 1 atom stereocenters. The van der Waals surface area contributed by atoms with Crippen molar-refractivity contribution in [2.24, 2.45) is 0 Å². The Hall–Kier alpha value is -2.63. The molecule has 2 N–H and O–H groups in total. The minimum absolute atomic E-state index is 0.140. The fourth-order valence-corrected chi connectivity index (χ4v) is 2.03. The summed E-state index contributed by atoms with van der Waals surface area (Å²) in [4.78, 5) is 23.5. The highest BCUT2D eigenvalue weighted by molar-refractivity contribution is 5.94. The maximum atomic E-state index is 12.1. The highest BCUT2D eigenvalue weighted by Crippen LogP contribution is 2.07. The number of carbonyl (C=O) groups is 2. The number of carboxylic acid groups (broad SMARTS) is 1. The largest absolute Gasteiger partial charge is 0.480 e. The van der Waals surface area contributed by atoms with Gasteiger partial charge in [0, 0.05) is 18.7 Å². The van der Waals surface area contributed by atoms with Crippen molar-refractivity contribution in [3.05, 3.63) is 53.9 Å². The Labute approximate surface area is 128 Å². The smallest absolute Gasteiger partial charge is 0.326 e. The van der Waals surface area contributed by atoms with Crippen LogP contribution in [0.3, 0.4) is 0 Å². The van der Waals surface area contributed by atoms with E-state index in [9.17, 15) is 14.7 Å². The molecular weight excluding hydrogens is 282 g/mol. The van der Waals surface area contributed by atoms with E-state index in [0.717, 1.165) is 5.56 Å². The van der Waals surface area contributed by atoms with Gasteiger partial charge >= 0.3 is 5.97 Å². The van der Waals surface area contributed by atoms with E-state index < -0.39 is 17.9 Å². The maximum Gasteiger partial charge on any atom is 0.326 e. The normalized spacial score (nSPS) is 12.1. The van der Waals surface area contributed by atoms with Crippen molar-refractivity contribution in [3.8, 4) is 0 Å². The molecule has 22 heavy (non-hydrogen) atoms. The number of nitrogens with one attached hydrogen (secondary N) is 1. The van der Waals surface area contributed by atoms with Gasteiger partial charge in [-0.05, 0) is 25.5 Å². The third kappa shape index (κ3) is 3.94. The number of aliphatic carboxylic acids is 1. The van der Waals surface area contributed by atoms with Crippen LogP contribution in [0.15, 0.2) is 42.6 Å². The number of carboxylic acids is 1. The molecule has 0 saturated heterocycles. The van der Waals surface area contributed by atoms with E-state index in [4.69, 9.17) is 0 Å². The summed E-state index contributed by atoms with van der Waals surface area (Å²) in [6.07, 6.45) is 1.93. The Bertz CT molecular complexity index is 650. The SMILES string of the molecule is CC(C)n1ccc(C(=O)NC(Cc2ccccc2)C(=O)O)n1. The standard InChI is InChI=1S/C16H19N3O3/c1-11(2)19-9-8-13(18-19)15(20)17-14(16(21)22)10-12-6-4-3-5-7-12/h3-9,11,14H,10H2,1-2H3,(H,17,20)(H,21,22). The average Bonchev–Trinajstić information content (AvgIpc) is 2.97. The lowest BCUT2D eigenvalue weighted by Gasteiger charge is -2.13. The molecule has 0 fully saturated rings. The third-order valence-corrected chi connectivity index (χ3v) is 3.26. The van der Waals surface area contributed by atoms with Gasteiger partial charge in [-0.3, -0.25) is 9.48 Å². The van der Waals surface area contributed by atoms with Gasteiger partial charge in [0.05, 0.1) is 0 Å². The number of hydrogen-bond acceptors (Lipinski definition) is 3. The number of rotatable bonds is 6. The van der Waals surface area contributed by atoms with Gasteiger partial charge < -0.3 is 10.4 Å². The second kappa shape index (κ2) is 6.89. The molecule has 1 aromatic heterocycles. The maximum absolute atomic E-state index is 12.1. The molecule has 1 heterocycles. The quantitative estimate of drug-likeness (QED) is 0.853. The van der Waals surface area contributed by atoms with Crippen LogP contribution in [0.25, 0.3) is 0 Å². The van der Waals surface area contributed by atoms with Gasteiger partial charge in [-0.25, -0.2) is 4.79 Å². The van der Waals surface area contributed by atoms with Crippen LogP contribution in [0.1, 0.15) is 35.9 Å². The monoisotopic (exact) mass is 301 g/mol. The van der Waals surface area contributed by atoms with Gasteiger partial charge in [0.2, 0.25) is 0 Å². The van der Waals surface area contributed by atoms with E-state index in [2.05, 4.69) is 10.4 Å². The molecule has 0 aliphatic rings. The molecule has 2 rings (SSSR count). The van der Waals surface area contributed by atoms with E-state index >= 15 is 0 Å². The molecule has 0 saturated carbocycles. The first-order chi connectivity index (χ1) is 10.5. The summed E-state index contributed by atoms with van der Waals surface area (Å²) >= 11 is 0. The zero-order valence-corrected chi connectivity index (χ0v) is 12.6. The van der Waals surface area contributed by atoms with Crippen molar-refractivity contribution in [2.75, 3.05) is 0 Å². The average molecular weight is 301 g/mol. The molecule has 0 aliphatic heterocycles. The van der Waals surface area contributed by atoms with Crippen molar-refractivity contribution in [1.82, 2.24) is 15.1 Å². The summed E-state index contributed by atoms with van der Waals surface area (Å²) in [6, 6.07) is 9.92. The molecule has 0 spiro atoms. The summed E-state index contributed by atoms with van der Waals surface area (Å²) in [5, 5.41) is 15.9. The summed E-state index contributed by atoms with van der Waals surface area (Å²) in [5.74, 6) is -1.55. The molecule has 0 radical (unpaired) electrons. The highest BCUT2D eigenvalue weighted by atomic mass is 16.4. The van der Waals surface area contributed by atoms with Crippen LogP contribution in [-0.2, 0) is 11.2 Å². The van der Waals surface area contributed by atoms with E-state index in [1.807, 2.05) is 44.2 Å². The van der Waals surface area contributed by atoms with Crippen molar-refractivity contribution in [3.63, 3.8) is 0 Å². The number of nitrogens with zero attached hydrogens (tertiary/aromatic N) is 2. The van der Waals surface area contributed by atoms with Gasteiger partial charge in [-0.2, -0.15) is 5.10 Å². The van der Waals surface area contributed by atoms with Gasteiger partial charge in [-0.1, -0.05) is 30.3 Å². The Morgan fingerprint density at radius 2 is 1.91 bits per heavy atom. The van der Waals surface area contributed by atoms with Crippen LogP contribution in [-0.4, -0.2) is 32.8 Å². The molecule has 0 bridgehead atoms. The highest BCUT2D eigenvalue weighted by Gasteiger charge is 2.22. The van der Waals surface area contributed by atoms with Crippen LogP contribution < -0.4 is 5.32 Å². The molecule has 116 valence electrons. The van der Waals surface area contributed by atoms with Gasteiger partial charge in [0.1, 0.15) is 11.7 Å². The number of hydrogen-bond donors (Lipinski definition) is 2. The first kappa shape index (κ1) is 15.8.